The van der Waals surface area contributed by atoms with Crippen LogP contribution in [-0.4, -0.2) is 58.9 Å². The van der Waals surface area contributed by atoms with Crippen LogP contribution in [0.15, 0.2) is 18.3 Å². The third kappa shape index (κ3) is 4.88. The van der Waals surface area contributed by atoms with Gasteiger partial charge in [-0.25, -0.2) is 4.98 Å². The zero-order chi connectivity index (χ0) is 21.1. The monoisotopic (exact) mass is 471 g/mol. The van der Waals surface area contributed by atoms with Crippen molar-refractivity contribution in [1.29, 1.82) is 0 Å². The predicted octanol–water partition coefficient (Wildman–Crippen LogP) is 4.41. The molecule has 1 amide bonds. The Morgan fingerprint density at radius 3 is 2.57 bits per heavy atom. The first-order valence-corrected chi connectivity index (χ1v) is 10.8. The number of fused-ring (bicyclic) bond motifs is 1. The number of hydrogen-bond acceptors (Lipinski definition) is 6. The maximum atomic E-state index is 13.5. The summed E-state index contributed by atoms with van der Waals surface area (Å²) in [5.74, 6) is 0.121. The molecule has 0 aliphatic carbocycles. The van der Waals surface area contributed by atoms with Crippen molar-refractivity contribution >= 4 is 56.6 Å². The predicted molar refractivity (Wildman–Crippen MR) is 126 cm³/mol. The summed E-state index contributed by atoms with van der Waals surface area (Å²) in [6.45, 7) is 9.30. The van der Waals surface area contributed by atoms with Crippen LogP contribution in [0.3, 0.4) is 0 Å². The number of anilines is 1. The van der Waals surface area contributed by atoms with Crippen molar-refractivity contribution in [1.82, 2.24) is 19.7 Å². The van der Waals surface area contributed by atoms with Gasteiger partial charge in [0.25, 0.3) is 5.91 Å². The van der Waals surface area contributed by atoms with E-state index in [0.717, 1.165) is 35.4 Å². The average Bonchev–Trinajstić information content (AvgIpc) is 3.32. The minimum Gasteiger partial charge on any atom is -0.479 e. The van der Waals surface area contributed by atoms with Crippen LogP contribution in [0.1, 0.15) is 29.8 Å². The highest BCUT2D eigenvalue weighted by molar-refractivity contribution is 7.23. The molecule has 0 aliphatic heterocycles. The fraction of sp³-hybridized carbons (Fsp3) is 0.450. The first-order valence-electron chi connectivity index (χ1n) is 9.57. The minimum absolute atomic E-state index is 0. The van der Waals surface area contributed by atoms with Gasteiger partial charge >= 0.3 is 0 Å². The van der Waals surface area contributed by atoms with Crippen LogP contribution in [0, 0.1) is 6.92 Å². The molecule has 7 nitrogen and oxygen atoms in total. The van der Waals surface area contributed by atoms with E-state index < -0.39 is 0 Å². The highest BCUT2D eigenvalue weighted by Crippen LogP contribution is 2.36. The van der Waals surface area contributed by atoms with Crippen molar-refractivity contribution in [2.24, 2.45) is 7.05 Å². The molecule has 0 aliphatic rings. The number of aromatic nitrogens is 3. The molecule has 0 saturated heterocycles. The molecular formula is C20H27Cl2N5O2S. The standard InChI is InChI=1S/C20H26ClN5O2S.ClH/c1-6-25(7-2)10-11-26(19(27)14-12-24(4)23-18(14)28-5)20-22-16-13(3)8-9-15(21)17(16)29-20;/h8-9,12H,6-7,10-11H2,1-5H3;1H. The summed E-state index contributed by atoms with van der Waals surface area (Å²) >= 11 is 7.82. The molecule has 164 valence electrons. The molecule has 3 aromatic rings. The molecule has 0 spiro atoms. The summed E-state index contributed by atoms with van der Waals surface area (Å²) < 4.78 is 7.78. The molecule has 0 fully saturated rings. The number of methoxy groups -OCH3 is 1. The van der Waals surface area contributed by atoms with Crippen molar-refractivity contribution in [3.05, 3.63) is 34.5 Å². The summed E-state index contributed by atoms with van der Waals surface area (Å²) in [5, 5.41) is 5.49. The number of carbonyl (C=O) groups is 1. The van der Waals surface area contributed by atoms with Crippen molar-refractivity contribution < 1.29 is 9.53 Å². The SMILES string of the molecule is CCN(CC)CCN(C(=O)c1cn(C)nc1OC)c1nc2c(C)ccc(Cl)c2s1.Cl. The van der Waals surface area contributed by atoms with Gasteiger partial charge in [0.05, 0.1) is 22.3 Å². The fourth-order valence-electron chi connectivity index (χ4n) is 3.18. The van der Waals surface area contributed by atoms with E-state index in [0.29, 0.717) is 28.1 Å². The second kappa shape index (κ2) is 10.4. The van der Waals surface area contributed by atoms with Gasteiger partial charge < -0.3 is 9.64 Å². The lowest BCUT2D eigenvalue weighted by molar-refractivity contribution is 0.0981. The third-order valence-corrected chi connectivity index (χ3v) is 6.45. The number of amides is 1. The Morgan fingerprint density at radius 2 is 1.97 bits per heavy atom. The van der Waals surface area contributed by atoms with E-state index in [1.54, 1.807) is 22.8 Å². The smallest absolute Gasteiger partial charge is 0.267 e. The van der Waals surface area contributed by atoms with Crippen molar-refractivity contribution in [2.75, 3.05) is 38.2 Å². The number of aryl methyl sites for hydroxylation is 2. The first-order chi connectivity index (χ1) is 13.9. The van der Waals surface area contributed by atoms with Crippen molar-refractivity contribution in [2.45, 2.75) is 20.8 Å². The third-order valence-electron chi connectivity index (χ3n) is 4.91. The van der Waals surface area contributed by atoms with E-state index in [2.05, 4.69) is 23.8 Å². The summed E-state index contributed by atoms with van der Waals surface area (Å²) in [5.41, 5.74) is 2.27. The van der Waals surface area contributed by atoms with Crippen LogP contribution < -0.4 is 9.64 Å². The molecule has 1 aromatic carbocycles. The molecule has 0 saturated carbocycles. The van der Waals surface area contributed by atoms with Crippen molar-refractivity contribution in [3.8, 4) is 5.88 Å². The van der Waals surface area contributed by atoms with Crippen LogP contribution in [0.2, 0.25) is 5.02 Å². The van der Waals surface area contributed by atoms with Crippen LogP contribution in [-0.2, 0) is 7.05 Å². The maximum Gasteiger partial charge on any atom is 0.267 e. The lowest BCUT2D eigenvalue weighted by atomic mass is 10.2. The van der Waals surface area contributed by atoms with Gasteiger partial charge in [-0.15, -0.1) is 17.5 Å². The van der Waals surface area contributed by atoms with Gasteiger partial charge in [-0.2, -0.15) is 0 Å². The maximum absolute atomic E-state index is 13.5. The highest BCUT2D eigenvalue weighted by atomic mass is 35.5. The molecule has 0 N–H and O–H groups in total. The Balaban J connectivity index is 0.00000320. The normalized spacial score (nSPS) is 11.0. The van der Waals surface area contributed by atoms with Gasteiger partial charge in [0.15, 0.2) is 5.13 Å². The molecule has 0 atom stereocenters. The number of benzene rings is 1. The van der Waals surface area contributed by atoms with Gasteiger partial charge in [-0.05, 0) is 31.6 Å². The Labute approximate surface area is 192 Å². The van der Waals surface area contributed by atoms with Gasteiger partial charge in [-0.3, -0.25) is 14.4 Å². The van der Waals surface area contributed by atoms with Crippen LogP contribution in [0.5, 0.6) is 5.88 Å². The summed E-state index contributed by atoms with van der Waals surface area (Å²) in [6, 6.07) is 3.81. The second-order valence-electron chi connectivity index (χ2n) is 6.75. The molecule has 2 heterocycles. The van der Waals surface area contributed by atoms with E-state index in [4.69, 9.17) is 21.3 Å². The minimum atomic E-state index is -0.185. The van der Waals surface area contributed by atoms with Gasteiger partial charge in [0, 0.05) is 26.3 Å². The molecule has 0 radical (unpaired) electrons. The van der Waals surface area contributed by atoms with E-state index in [1.807, 2.05) is 19.1 Å². The number of rotatable bonds is 8. The fourth-order valence-corrected chi connectivity index (χ4v) is 4.52. The lowest BCUT2D eigenvalue weighted by Gasteiger charge is -2.24. The number of nitrogens with zero attached hydrogens (tertiary/aromatic N) is 5. The lowest BCUT2D eigenvalue weighted by Crippen LogP contribution is -2.38. The topological polar surface area (TPSA) is 63.5 Å². The Kier molecular flexibility index (Phi) is 8.49. The molecule has 0 bridgehead atoms. The number of likely N-dealkylation sites (N-methyl/N-ethyl adjacent to an activating group) is 1. The Morgan fingerprint density at radius 1 is 1.27 bits per heavy atom. The molecule has 2 aromatic heterocycles. The zero-order valence-corrected chi connectivity index (χ0v) is 20.2. The molecular weight excluding hydrogens is 445 g/mol. The van der Waals surface area contributed by atoms with E-state index in [9.17, 15) is 4.79 Å². The van der Waals surface area contributed by atoms with Gasteiger partial charge in [-0.1, -0.05) is 42.9 Å². The van der Waals surface area contributed by atoms with E-state index in [1.165, 1.54) is 18.4 Å². The summed E-state index contributed by atoms with van der Waals surface area (Å²) in [7, 11) is 3.28. The van der Waals surface area contributed by atoms with E-state index >= 15 is 0 Å². The van der Waals surface area contributed by atoms with Crippen molar-refractivity contribution in [3.63, 3.8) is 0 Å². The van der Waals surface area contributed by atoms with Gasteiger partial charge in [0.1, 0.15) is 5.56 Å². The largest absolute Gasteiger partial charge is 0.479 e. The van der Waals surface area contributed by atoms with E-state index in [-0.39, 0.29) is 18.3 Å². The second-order valence-corrected chi connectivity index (χ2v) is 8.13. The average molecular weight is 472 g/mol. The summed E-state index contributed by atoms with van der Waals surface area (Å²) in [6.07, 6.45) is 1.68. The first kappa shape index (κ1) is 24.4. The summed E-state index contributed by atoms with van der Waals surface area (Å²) in [4.78, 5) is 22.2. The quantitative estimate of drug-likeness (QED) is 0.486. The van der Waals surface area contributed by atoms with Crippen LogP contribution in [0.4, 0.5) is 5.13 Å². The molecule has 10 heteroatoms. The Bertz CT molecular complexity index is 977. The van der Waals surface area contributed by atoms with Gasteiger partial charge in [0.2, 0.25) is 5.88 Å². The number of hydrogen-bond donors (Lipinski definition) is 0. The van der Waals surface area contributed by atoms with Crippen LogP contribution >= 0.6 is 35.3 Å². The molecule has 0 unspecified atom stereocenters. The number of thiazole rings is 1. The number of halogens is 2. The molecule has 30 heavy (non-hydrogen) atoms. The molecule has 3 rings (SSSR count). The number of carbonyl (C=O) groups excluding carboxylic acids is 1. The Hall–Kier alpha value is -1.87. The zero-order valence-electron chi connectivity index (χ0n) is 17.8. The number of ether oxygens (including phenoxy) is 1. The van der Waals surface area contributed by atoms with Crippen LogP contribution in [0.25, 0.3) is 10.2 Å². The highest BCUT2D eigenvalue weighted by Gasteiger charge is 2.27.